The minimum Gasteiger partial charge on any atom is -0.353 e. The monoisotopic (exact) mass is 340 g/mol. The van der Waals surface area contributed by atoms with Crippen molar-refractivity contribution in [1.29, 1.82) is 0 Å². The standard InChI is InChI=1S/C17H20N6O2/c1-13-20-15(17(25)19-11-14-2-4-18-5-3-14)10-16(21-13)23-8-6-22(12-24)7-9-23/h2-5,10,12H,6-9,11H2,1H3,(H,19,25). The minimum atomic E-state index is -0.241. The Bertz CT molecular complexity index is 744. The first kappa shape index (κ1) is 16.8. The van der Waals surface area contributed by atoms with E-state index in [9.17, 15) is 9.59 Å². The molecule has 2 amide bonds. The molecule has 8 heteroatoms. The summed E-state index contributed by atoms with van der Waals surface area (Å²) in [5.41, 5.74) is 1.31. The Labute approximate surface area is 145 Å². The van der Waals surface area contributed by atoms with Gasteiger partial charge in [-0.1, -0.05) is 0 Å². The Morgan fingerprint density at radius 1 is 1.20 bits per heavy atom. The van der Waals surface area contributed by atoms with E-state index in [0.717, 1.165) is 12.0 Å². The third kappa shape index (κ3) is 4.28. The first-order valence-corrected chi connectivity index (χ1v) is 8.13. The Morgan fingerprint density at radius 2 is 1.92 bits per heavy atom. The third-order valence-corrected chi connectivity index (χ3v) is 4.05. The number of hydrogen-bond acceptors (Lipinski definition) is 6. The van der Waals surface area contributed by atoms with Crippen LogP contribution in [0.15, 0.2) is 30.6 Å². The SMILES string of the molecule is Cc1nc(C(=O)NCc2ccncc2)cc(N2CCN(C=O)CC2)n1. The Balaban J connectivity index is 1.68. The van der Waals surface area contributed by atoms with Crippen molar-refractivity contribution >= 4 is 18.1 Å². The number of amides is 2. The number of carbonyl (C=O) groups is 2. The molecule has 1 aliphatic rings. The maximum absolute atomic E-state index is 12.4. The predicted octanol–water partition coefficient (Wildman–Crippen LogP) is 0.388. The van der Waals surface area contributed by atoms with Gasteiger partial charge in [-0.05, 0) is 24.6 Å². The second-order valence-corrected chi connectivity index (χ2v) is 5.83. The molecular formula is C17H20N6O2. The summed E-state index contributed by atoms with van der Waals surface area (Å²) in [6, 6.07) is 5.40. The molecule has 1 aliphatic heterocycles. The van der Waals surface area contributed by atoms with E-state index in [1.807, 2.05) is 12.1 Å². The predicted molar refractivity (Wildman–Crippen MR) is 92.0 cm³/mol. The number of piperazine rings is 1. The molecule has 2 aromatic heterocycles. The molecule has 0 atom stereocenters. The molecular weight excluding hydrogens is 320 g/mol. The highest BCUT2D eigenvalue weighted by atomic mass is 16.2. The number of aryl methyl sites for hydroxylation is 1. The summed E-state index contributed by atoms with van der Waals surface area (Å²) >= 11 is 0. The van der Waals surface area contributed by atoms with Gasteiger partial charge in [0, 0.05) is 51.2 Å². The lowest BCUT2D eigenvalue weighted by molar-refractivity contribution is -0.118. The highest BCUT2D eigenvalue weighted by molar-refractivity contribution is 5.92. The molecule has 1 saturated heterocycles. The van der Waals surface area contributed by atoms with E-state index in [4.69, 9.17) is 0 Å². The first-order valence-electron chi connectivity index (χ1n) is 8.13. The number of aromatic nitrogens is 3. The molecule has 0 unspecified atom stereocenters. The van der Waals surface area contributed by atoms with Gasteiger partial charge in [0.2, 0.25) is 6.41 Å². The second kappa shape index (κ2) is 7.69. The largest absolute Gasteiger partial charge is 0.353 e. The van der Waals surface area contributed by atoms with Crippen LogP contribution in [0.3, 0.4) is 0 Å². The van der Waals surface area contributed by atoms with Crippen molar-refractivity contribution in [1.82, 2.24) is 25.2 Å². The summed E-state index contributed by atoms with van der Waals surface area (Å²) in [4.78, 5) is 39.6. The van der Waals surface area contributed by atoms with Gasteiger partial charge in [0.05, 0.1) is 0 Å². The summed E-state index contributed by atoms with van der Waals surface area (Å²) in [5, 5.41) is 2.86. The maximum atomic E-state index is 12.4. The van der Waals surface area contributed by atoms with Gasteiger partial charge in [-0.15, -0.1) is 0 Å². The molecule has 0 spiro atoms. The summed E-state index contributed by atoms with van der Waals surface area (Å²) in [6.45, 7) is 4.86. The van der Waals surface area contributed by atoms with Crippen LogP contribution in [0.4, 0.5) is 5.82 Å². The quantitative estimate of drug-likeness (QED) is 0.792. The van der Waals surface area contributed by atoms with E-state index in [1.54, 1.807) is 30.3 Å². The zero-order valence-electron chi connectivity index (χ0n) is 14.1. The van der Waals surface area contributed by atoms with Gasteiger partial charge < -0.3 is 15.1 Å². The zero-order chi connectivity index (χ0) is 17.6. The van der Waals surface area contributed by atoms with Crippen molar-refractivity contribution in [3.63, 3.8) is 0 Å². The minimum absolute atomic E-state index is 0.241. The highest BCUT2D eigenvalue weighted by Gasteiger charge is 2.19. The fraction of sp³-hybridized carbons (Fsp3) is 0.353. The zero-order valence-corrected chi connectivity index (χ0v) is 14.1. The topological polar surface area (TPSA) is 91.3 Å². The lowest BCUT2D eigenvalue weighted by atomic mass is 10.2. The number of pyridine rings is 1. The average molecular weight is 340 g/mol. The fourth-order valence-electron chi connectivity index (χ4n) is 2.66. The van der Waals surface area contributed by atoms with Crippen molar-refractivity contribution in [3.05, 3.63) is 47.7 Å². The van der Waals surface area contributed by atoms with Gasteiger partial charge in [0.15, 0.2) is 0 Å². The van der Waals surface area contributed by atoms with E-state index in [-0.39, 0.29) is 5.91 Å². The summed E-state index contributed by atoms with van der Waals surface area (Å²) in [7, 11) is 0. The molecule has 0 bridgehead atoms. The number of anilines is 1. The van der Waals surface area contributed by atoms with Crippen LogP contribution in [0.25, 0.3) is 0 Å². The van der Waals surface area contributed by atoms with Gasteiger partial charge in [-0.25, -0.2) is 9.97 Å². The van der Waals surface area contributed by atoms with Crippen LogP contribution in [0.5, 0.6) is 0 Å². The average Bonchev–Trinajstić information content (AvgIpc) is 2.66. The van der Waals surface area contributed by atoms with Gasteiger partial charge in [0.1, 0.15) is 17.3 Å². The maximum Gasteiger partial charge on any atom is 0.270 e. The Hall–Kier alpha value is -3.03. The number of nitrogens with one attached hydrogen (secondary N) is 1. The molecule has 3 heterocycles. The molecule has 1 N–H and O–H groups in total. The molecule has 3 rings (SSSR count). The summed E-state index contributed by atoms with van der Waals surface area (Å²) < 4.78 is 0. The normalized spacial score (nSPS) is 14.3. The number of carbonyl (C=O) groups excluding carboxylic acids is 2. The van der Waals surface area contributed by atoms with Gasteiger partial charge in [0.25, 0.3) is 5.91 Å². The molecule has 1 fully saturated rings. The molecule has 2 aromatic rings. The molecule has 8 nitrogen and oxygen atoms in total. The van der Waals surface area contributed by atoms with Crippen molar-refractivity contribution < 1.29 is 9.59 Å². The number of hydrogen-bond donors (Lipinski definition) is 1. The van der Waals surface area contributed by atoms with Crippen LogP contribution in [-0.4, -0.2) is 58.3 Å². The highest BCUT2D eigenvalue weighted by Crippen LogP contribution is 2.15. The third-order valence-electron chi connectivity index (χ3n) is 4.05. The van der Waals surface area contributed by atoms with Crippen molar-refractivity contribution in [2.45, 2.75) is 13.5 Å². The molecule has 0 saturated carbocycles. The molecule has 0 aliphatic carbocycles. The lowest BCUT2D eigenvalue weighted by Gasteiger charge is -2.33. The van der Waals surface area contributed by atoms with E-state index in [0.29, 0.717) is 50.1 Å². The van der Waals surface area contributed by atoms with Crippen LogP contribution in [-0.2, 0) is 11.3 Å². The molecule has 0 radical (unpaired) electrons. The van der Waals surface area contributed by atoms with Crippen LogP contribution in [0, 0.1) is 6.92 Å². The van der Waals surface area contributed by atoms with Crippen LogP contribution >= 0.6 is 0 Å². The van der Waals surface area contributed by atoms with Gasteiger partial charge >= 0.3 is 0 Å². The van der Waals surface area contributed by atoms with E-state index < -0.39 is 0 Å². The van der Waals surface area contributed by atoms with E-state index >= 15 is 0 Å². The van der Waals surface area contributed by atoms with Gasteiger partial charge in [-0.2, -0.15) is 0 Å². The van der Waals surface area contributed by atoms with Crippen molar-refractivity contribution in [3.8, 4) is 0 Å². The summed E-state index contributed by atoms with van der Waals surface area (Å²) in [5.74, 6) is 1.02. The Morgan fingerprint density at radius 3 is 2.60 bits per heavy atom. The number of rotatable bonds is 5. The molecule has 25 heavy (non-hydrogen) atoms. The smallest absolute Gasteiger partial charge is 0.270 e. The van der Waals surface area contributed by atoms with Crippen LogP contribution < -0.4 is 10.2 Å². The van der Waals surface area contributed by atoms with Crippen LogP contribution in [0.2, 0.25) is 0 Å². The van der Waals surface area contributed by atoms with E-state index in [2.05, 4.69) is 25.2 Å². The summed E-state index contributed by atoms with van der Waals surface area (Å²) in [6.07, 6.45) is 4.24. The van der Waals surface area contributed by atoms with E-state index in [1.165, 1.54) is 0 Å². The molecule has 0 aromatic carbocycles. The Kier molecular flexibility index (Phi) is 5.17. The van der Waals surface area contributed by atoms with Gasteiger partial charge in [-0.3, -0.25) is 14.6 Å². The number of nitrogens with zero attached hydrogens (tertiary/aromatic N) is 5. The van der Waals surface area contributed by atoms with Crippen LogP contribution in [0.1, 0.15) is 21.9 Å². The van der Waals surface area contributed by atoms with Crippen molar-refractivity contribution in [2.75, 3.05) is 31.1 Å². The molecule has 130 valence electrons. The first-order chi connectivity index (χ1) is 12.2. The lowest BCUT2D eigenvalue weighted by Crippen LogP contribution is -2.46. The van der Waals surface area contributed by atoms with Crippen molar-refractivity contribution in [2.24, 2.45) is 0 Å². The fourth-order valence-corrected chi connectivity index (χ4v) is 2.66. The second-order valence-electron chi connectivity index (χ2n) is 5.83.